The first-order chi connectivity index (χ1) is 9.49. The van der Waals surface area contributed by atoms with Crippen molar-refractivity contribution in [1.82, 2.24) is 24.2 Å². The zero-order valence-corrected chi connectivity index (χ0v) is 13.1. The van der Waals surface area contributed by atoms with Crippen molar-refractivity contribution < 1.29 is 4.79 Å². The molecule has 0 saturated heterocycles. The number of hydrogen-bond acceptors (Lipinski definition) is 3. The van der Waals surface area contributed by atoms with Crippen LogP contribution in [0.5, 0.6) is 0 Å². The van der Waals surface area contributed by atoms with Gasteiger partial charge in [0.05, 0.1) is 11.6 Å². The smallest absolute Gasteiger partial charge is 0.242 e. The van der Waals surface area contributed by atoms with Crippen molar-refractivity contribution in [2.75, 3.05) is 14.1 Å². The summed E-state index contributed by atoms with van der Waals surface area (Å²) in [5.74, 6) is 0.997. The van der Waals surface area contributed by atoms with E-state index in [0.717, 1.165) is 29.7 Å². The second-order valence-electron chi connectivity index (χ2n) is 5.03. The van der Waals surface area contributed by atoms with E-state index in [1.165, 1.54) is 0 Å². The monoisotopic (exact) mass is 297 g/mol. The Morgan fingerprint density at radius 3 is 2.65 bits per heavy atom. The van der Waals surface area contributed by atoms with Crippen LogP contribution in [-0.2, 0) is 30.7 Å². The molecule has 0 radical (unpaired) electrons. The maximum atomic E-state index is 12.0. The maximum Gasteiger partial charge on any atom is 0.242 e. The van der Waals surface area contributed by atoms with Gasteiger partial charge in [0.1, 0.15) is 17.9 Å². The number of hydrogen-bond donors (Lipinski definition) is 0. The number of aromatic nitrogens is 4. The lowest BCUT2D eigenvalue weighted by atomic mass is 10.2. The Morgan fingerprint density at radius 1 is 1.40 bits per heavy atom. The summed E-state index contributed by atoms with van der Waals surface area (Å²) in [5, 5.41) is 4.49. The van der Waals surface area contributed by atoms with Crippen LogP contribution >= 0.6 is 11.6 Å². The molecule has 0 aliphatic rings. The lowest BCUT2D eigenvalue weighted by molar-refractivity contribution is -0.129. The molecule has 110 valence electrons. The Kier molecular flexibility index (Phi) is 4.32. The van der Waals surface area contributed by atoms with Gasteiger partial charge in [0.25, 0.3) is 0 Å². The van der Waals surface area contributed by atoms with Gasteiger partial charge in [0, 0.05) is 21.1 Å². The van der Waals surface area contributed by atoms with Gasteiger partial charge in [-0.15, -0.1) is 11.6 Å². The quantitative estimate of drug-likeness (QED) is 0.787. The van der Waals surface area contributed by atoms with Crippen LogP contribution < -0.4 is 0 Å². The number of nitrogens with zero attached hydrogens (tertiary/aromatic N) is 5. The van der Waals surface area contributed by atoms with E-state index < -0.39 is 0 Å². The third-order valence-corrected chi connectivity index (χ3v) is 3.51. The topological polar surface area (TPSA) is 56.0 Å². The van der Waals surface area contributed by atoms with Crippen LogP contribution in [0.4, 0.5) is 0 Å². The molecule has 0 unspecified atom stereocenters. The van der Waals surface area contributed by atoms with Gasteiger partial charge in [-0.1, -0.05) is 13.3 Å². The molecule has 2 rings (SSSR count). The molecule has 0 fully saturated rings. The fourth-order valence-corrected chi connectivity index (χ4v) is 2.44. The minimum atomic E-state index is 0.00825. The SMILES string of the molecule is CCCc1nn(C)c2c1nc(CCl)n2CC(=O)N(C)C. The number of alkyl halides is 1. The molecule has 0 spiro atoms. The highest BCUT2D eigenvalue weighted by Crippen LogP contribution is 2.21. The van der Waals surface area contributed by atoms with Crippen molar-refractivity contribution in [1.29, 1.82) is 0 Å². The fourth-order valence-electron chi connectivity index (χ4n) is 2.24. The van der Waals surface area contributed by atoms with E-state index in [1.807, 2.05) is 11.6 Å². The third-order valence-electron chi connectivity index (χ3n) is 3.27. The molecule has 0 aliphatic heterocycles. The van der Waals surface area contributed by atoms with Crippen molar-refractivity contribution in [2.24, 2.45) is 7.05 Å². The Balaban J connectivity index is 2.54. The summed E-state index contributed by atoms with van der Waals surface area (Å²) in [4.78, 5) is 18.1. The van der Waals surface area contributed by atoms with E-state index in [0.29, 0.717) is 5.82 Å². The minimum absolute atomic E-state index is 0.00825. The summed E-state index contributed by atoms with van der Waals surface area (Å²) >= 11 is 5.97. The molecular formula is C13H20ClN5O. The van der Waals surface area contributed by atoms with Crippen molar-refractivity contribution in [3.63, 3.8) is 0 Å². The predicted octanol–water partition coefficient (Wildman–Crippen LogP) is 1.55. The molecule has 0 saturated carbocycles. The van der Waals surface area contributed by atoms with Gasteiger partial charge in [-0.05, 0) is 6.42 Å². The van der Waals surface area contributed by atoms with E-state index in [1.54, 1.807) is 23.7 Å². The van der Waals surface area contributed by atoms with Crippen LogP contribution in [0.25, 0.3) is 11.2 Å². The fraction of sp³-hybridized carbons (Fsp3) is 0.615. The highest BCUT2D eigenvalue weighted by Gasteiger charge is 2.20. The minimum Gasteiger partial charge on any atom is -0.347 e. The molecule has 7 heteroatoms. The van der Waals surface area contributed by atoms with E-state index in [2.05, 4.69) is 17.0 Å². The lowest BCUT2D eigenvalue weighted by Crippen LogP contribution is -2.27. The predicted molar refractivity (Wildman–Crippen MR) is 78.7 cm³/mol. The van der Waals surface area contributed by atoms with Gasteiger partial charge in [-0.25, -0.2) is 4.98 Å². The van der Waals surface area contributed by atoms with Crippen LogP contribution in [0.3, 0.4) is 0 Å². The highest BCUT2D eigenvalue weighted by atomic mass is 35.5. The van der Waals surface area contributed by atoms with Crippen LogP contribution in [0.2, 0.25) is 0 Å². The third kappa shape index (κ3) is 2.52. The summed E-state index contributed by atoms with van der Waals surface area (Å²) in [5.41, 5.74) is 2.68. The number of halogens is 1. The Bertz CT molecular complexity index is 628. The van der Waals surface area contributed by atoms with Crippen molar-refractivity contribution in [2.45, 2.75) is 32.2 Å². The molecule has 0 bridgehead atoms. The second kappa shape index (κ2) is 5.83. The van der Waals surface area contributed by atoms with E-state index in [9.17, 15) is 4.79 Å². The highest BCUT2D eigenvalue weighted by molar-refractivity contribution is 6.16. The first-order valence-corrected chi connectivity index (χ1v) is 7.20. The molecule has 2 aromatic rings. The van der Waals surface area contributed by atoms with E-state index in [-0.39, 0.29) is 18.3 Å². The molecule has 2 heterocycles. The molecule has 0 N–H and O–H groups in total. The summed E-state index contributed by atoms with van der Waals surface area (Å²) in [6.07, 6.45) is 1.88. The van der Waals surface area contributed by atoms with Gasteiger partial charge >= 0.3 is 0 Å². The average Bonchev–Trinajstić information content (AvgIpc) is 2.89. The molecular weight excluding hydrogens is 278 g/mol. The van der Waals surface area contributed by atoms with Crippen LogP contribution in [0.1, 0.15) is 24.9 Å². The van der Waals surface area contributed by atoms with E-state index >= 15 is 0 Å². The summed E-state index contributed by atoms with van der Waals surface area (Å²) in [6.45, 7) is 2.34. The zero-order valence-electron chi connectivity index (χ0n) is 12.4. The van der Waals surface area contributed by atoms with Crippen LogP contribution in [-0.4, -0.2) is 44.2 Å². The number of fused-ring (bicyclic) bond motifs is 1. The molecule has 0 aliphatic carbocycles. The van der Waals surface area contributed by atoms with Crippen molar-refractivity contribution in [3.05, 3.63) is 11.5 Å². The standard InChI is InChI=1S/C13H20ClN5O/c1-5-6-9-12-13(18(4)16-9)19(10(7-14)15-12)8-11(20)17(2)3/h5-8H2,1-4H3. The van der Waals surface area contributed by atoms with Gasteiger partial charge in [0.2, 0.25) is 5.91 Å². The Labute approximate surface area is 123 Å². The van der Waals surface area contributed by atoms with Gasteiger partial charge in [0.15, 0.2) is 5.65 Å². The van der Waals surface area contributed by atoms with Gasteiger partial charge in [-0.2, -0.15) is 5.10 Å². The van der Waals surface area contributed by atoms with Crippen LogP contribution in [0, 0.1) is 0 Å². The Hall–Kier alpha value is -1.56. The van der Waals surface area contributed by atoms with Gasteiger partial charge < -0.3 is 9.47 Å². The number of carbonyl (C=O) groups excluding carboxylic acids is 1. The molecule has 6 nitrogen and oxygen atoms in total. The largest absolute Gasteiger partial charge is 0.347 e. The molecule has 2 aromatic heterocycles. The zero-order chi connectivity index (χ0) is 14.9. The summed E-state index contributed by atoms with van der Waals surface area (Å²) in [7, 11) is 5.35. The number of imidazole rings is 1. The number of carbonyl (C=O) groups is 1. The summed E-state index contributed by atoms with van der Waals surface area (Å²) in [6, 6.07) is 0. The molecule has 0 atom stereocenters. The number of rotatable bonds is 5. The first-order valence-electron chi connectivity index (χ1n) is 6.66. The number of amides is 1. The normalized spacial score (nSPS) is 11.2. The molecule has 20 heavy (non-hydrogen) atoms. The lowest BCUT2D eigenvalue weighted by Gasteiger charge is -2.12. The first kappa shape index (κ1) is 14.8. The average molecular weight is 298 g/mol. The molecule has 1 amide bonds. The van der Waals surface area contributed by atoms with Crippen molar-refractivity contribution in [3.8, 4) is 0 Å². The Morgan fingerprint density at radius 2 is 2.10 bits per heavy atom. The van der Waals surface area contributed by atoms with Gasteiger partial charge in [-0.3, -0.25) is 9.48 Å². The summed E-state index contributed by atoms with van der Waals surface area (Å²) < 4.78 is 3.64. The second-order valence-corrected chi connectivity index (χ2v) is 5.30. The maximum absolute atomic E-state index is 12.0. The number of likely N-dealkylation sites (N-methyl/N-ethyl adjacent to an activating group) is 1. The molecule has 0 aromatic carbocycles. The number of aryl methyl sites for hydroxylation is 2. The van der Waals surface area contributed by atoms with Crippen molar-refractivity contribution >= 4 is 28.7 Å². The van der Waals surface area contributed by atoms with E-state index in [4.69, 9.17) is 11.6 Å². The van der Waals surface area contributed by atoms with Crippen LogP contribution in [0.15, 0.2) is 0 Å².